The molecule has 2 aromatic rings. The van der Waals surface area contributed by atoms with Crippen molar-refractivity contribution in [3.05, 3.63) is 30.1 Å². The molecule has 0 atom stereocenters. The largest absolute Gasteiger partial charge is 0.313 e. The highest BCUT2D eigenvalue weighted by atomic mass is 15.1. The highest BCUT2D eigenvalue weighted by molar-refractivity contribution is 5.76. The highest BCUT2D eigenvalue weighted by Crippen LogP contribution is 2.15. The Bertz CT molecular complexity index is 568. The Hall–Kier alpha value is -2.33. The lowest BCUT2D eigenvalue weighted by Gasteiger charge is -2.00. The highest BCUT2D eigenvalue weighted by Gasteiger charge is 2.08. The van der Waals surface area contributed by atoms with Gasteiger partial charge in [-0.3, -0.25) is 0 Å². The third kappa shape index (κ3) is 1.53. The van der Waals surface area contributed by atoms with Crippen LogP contribution in [-0.4, -0.2) is 9.55 Å². The Morgan fingerprint density at radius 3 is 2.73 bits per heavy atom. The lowest BCUT2D eigenvalue weighted by molar-refractivity contribution is 0.796. The minimum Gasteiger partial charge on any atom is -0.313 e. The molecule has 0 aliphatic rings. The average Bonchev–Trinajstić information content (AvgIpc) is 2.59. The fraction of sp³-hybridized carbons (Fsp3) is 0.182. The number of benzene rings is 1. The van der Waals surface area contributed by atoms with Gasteiger partial charge < -0.3 is 4.57 Å². The van der Waals surface area contributed by atoms with Gasteiger partial charge in [-0.1, -0.05) is 12.1 Å². The van der Waals surface area contributed by atoms with E-state index in [4.69, 9.17) is 10.5 Å². The molecular formula is C11H8N4. The van der Waals surface area contributed by atoms with Crippen LogP contribution in [0.15, 0.2) is 24.3 Å². The molecule has 1 aromatic carbocycles. The standard InChI is InChI=1S/C11H8N4/c12-6-5-11-14-9-3-1-2-4-10(9)15(11)8-7-13/h1-4H,5,8H2. The Morgan fingerprint density at radius 2 is 2.00 bits per heavy atom. The van der Waals surface area contributed by atoms with Gasteiger partial charge in [-0.2, -0.15) is 10.5 Å². The van der Waals surface area contributed by atoms with Crippen molar-refractivity contribution in [2.45, 2.75) is 13.0 Å². The zero-order valence-corrected chi connectivity index (χ0v) is 8.01. The van der Waals surface area contributed by atoms with E-state index >= 15 is 0 Å². The lowest BCUT2D eigenvalue weighted by atomic mass is 10.3. The summed E-state index contributed by atoms with van der Waals surface area (Å²) in [5.74, 6) is 0.653. The van der Waals surface area contributed by atoms with Crippen molar-refractivity contribution in [2.24, 2.45) is 0 Å². The van der Waals surface area contributed by atoms with Crippen LogP contribution in [0.5, 0.6) is 0 Å². The predicted molar refractivity (Wildman–Crippen MR) is 54.7 cm³/mol. The fourth-order valence-corrected chi connectivity index (χ4v) is 1.58. The van der Waals surface area contributed by atoms with E-state index in [9.17, 15) is 0 Å². The smallest absolute Gasteiger partial charge is 0.125 e. The van der Waals surface area contributed by atoms with Crippen LogP contribution < -0.4 is 0 Å². The number of hydrogen-bond acceptors (Lipinski definition) is 3. The van der Waals surface area contributed by atoms with Crippen LogP contribution >= 0.6 is 0 Å². The molecule has 0 saturated heterocycles. The number of hydrogen-bond donors (Lipinski definition) is 0. The topological polar surface area (TPSA) is 65.4 Å². The number of nitriles is 2. The van der Waals surface area contributed by atoms with Gasteiger partial charge in [0.1, 0.15) is 12.4 Å². The summed E-state index contributed by atoms with van der Waals surface area (Å²) in [6.07, 6.45) is 0.232. The molecule has 0 N–H and O–H groups in total. The van der Waals surface area contributed by atoms with Crippen LogP contribution in [0.2, 0.25) is 0 Å². The quantitative estimate of drug-likeness (QED) is 0.733. The van der Waals surface area contributed by atoms with Crippen molar-refractivity contribution < 1.29 is 0 Å². The van der Waals surface area contributed by atoms with Gasteiger partial charge in [-0.25, -0.2) is 4.98 Å². The van der Waals surface area contributed by atoms with Gasteiger partial charge in [0, 0.05) is 0 Å². The van der Waals surface area contributed by atoms with Crippen LogP contribution in [0.1, 0.15) is 5.82 Å². The van der Waals surface area contributed by atoms with Crippen molar-refractivity contribution in [3.63, 3.8) is 0 Å². The molecule has 2 rings (SSSR count). The van der Waals surface area contributed by atoms with E-state index in [-0.39, 0.29) is 13.0 Å². The van der Waals surface area contributed by atoms with Crippen molar-refractivity contribution >= 4 is 11.0 Å². The molecule has 4 nitrogen and oxygen atoms in total. The van der Waals surface area contributed by atoms with E-state index in [2.05, 4.69) is 17.1 Å². The van der Waals surface area contributed by atoms with Gasteiger partial charge in [0.15, 0.2) is 0 Å². The third-order valence-electron chi connectivity index (χ3n) is 2.20. The second-order valence-electron chi connectivity index (χ2n) is 3.10. The number of para-hydroxylation sites is 2. The second kappa shape index (κ2) is 3.81. The molecule has 72 valence electrons. The first-order valence-corrected chi connectivity index (χ1v) is 4.55. The van der Waals surface area contributed by atoms with Gasteiger partial charge in [0.05, 0.1) is 29.6 Å². The van der Waals surface area contributed by atoms with Crippen LogP contribution in [0, 0.1) is 22.7 Å². The minimum atomic E-state index is 0.232. The molecule has 0 bridgehead atoms. The molecule has 0 radical (unpaired) electrons. The van der Waals surface area contributed by atoms with Gasteiger partial charge in [0.25, 0.3) is 0 Å². The molecule has 1 aromatic heterocycles. The summed E-state index contributed by atoms with van der Waals surface area (Å²) in [6.45, 7) is 0.234. The van der Waals surface area contributed by atoms with Crippen LogP contribution in [0.4, 0.5) is 0 Å². The van der Waals surface area contributed by atoms with E-state index in [0.717, 1.165) is 11.0 Å². The molecule has 0 spiro atoms. The molecule has 0 saturated carbocycles. The maximum absolute atomic E-state index is 8.71. The summed E-state index contributed by atoms with van der Waals surface area (Å²) in [4.78, 5) is 4.31. The molecule has 0 amide bonds. The minimum absolute atomic E-state index is 0.232. The Balaban J connectivity index is 2.65. The number of nitrogens with zero attached hydrogens (tertiary/aromatic N) is 4. The van der Waals surface area contributed by atoms with E-state index in [1.807, 2.05) is 24.3 Å². The summed E-state index contributed by atoms with van der Waals surface area (Å²) >= 11 is 0. The van der Waals surface area contributed by atoms with E-state index in [1.165, 1.54) is 0 Å². The summed E-state index contributed by atoms with van der Waals surface area (Å²) < 4.78 is 1.78. The zero-order valence-electron chi connectivity index (χ0n) is 8.01. The van der Waals surface area contributed by atoms with Crippen LogP contribution in [0.25, 0.3) is 11.0 Å². The van der Waals surface area contributed by atoms with E-state index in [0.29, 0.717) is 5.82 Å². The van der Waals surface area contributed by atoms with E-state index in [1.54, 1.807) is 4.57 Å². The van der Waals surface area contributed by atoms with Gasteiger partial charge in [-0.15, -0.1) is 0 Å². The number of fused-ring (bicyclic) bond motifs is 1. The maximum Gasteiger partial charge on any atom is 0.125 e. The molecule has 0 aliphatic carbocycles. The van der Waals surface area contributed by atoms with E-state index < -0.39 is 0 Å². The normalized spacial score (nSPS) is 9.73. The first-order chi connectivity index (χ1) is 7.36. The third-order valence-corrected chi connectivity index (χ3v) is 2.20. The first kappa shape index (κ1) is 9.23. The van der Waals surface area contributed by atoms with Gasteiger partial charge in [0.2, 0.25) is 0 Å². The molecule has 4 heteroatoms. The fourth-order valence-electron chi connectivity index (χ4n) is 1.58. The molecular weight excluding hydrogens is 188 g/mol. The van der Waals surface area contributed by atoms with Crippen LogP contribution in [-0.2, 0) is 13.0 Å². The van der Waals surface area contributed by atoms with Crippen molar-refractivity contribution in [2.75, 3.05) is 0 Å². The van der Waals surface area contributed by atoms with Crippen molar-refractivity contribution in [1.29, 1.82) is 10.5 Å². The van der Waals surface area contributed by atoms with Crippen molar-refractivity contribution in [1.82, 2.24) is 9.55 Å². The monoisotopic (exact) mass is 196 g/mol. The Morgan fingerprint density at radius 1 is 1.20 bits per heavy atom. The summed E-state index contributed by atoms with van der Waals surface area (Å²) in [5, 5.41) is 17.4. The predicted octanol–water partition coefficient (Wildman–Crippen LogP) is 1.63. The first-order valence-electron chi connectivity index (χ1n) is 4.55. The van der Waals surface area contributed by atoms with Gasteiger partial charge >= 0.3 is 0 Å². The molecule has 0 unspecified atom stereocenters. The number of rotatable bonds is 2. The average molecular weight is 196 g/mol. The SMILES string of the molecule is N#CCc1nc2ccccc2n1CC#N. The maximum atomic E-state index is 8.71. The number of imidazole rings is 1. The molecule has 15 heavy (non-hydrogen) atoms. The summed E-state index contributed by atoms with van der Waals surface area (Å²) in [5.41, 5.74) is 1.74. The van der Waals surface area contributed by atoms with Crippen LogP contribution in [0.3, 0.4) is 0 Å². The van der Waals surface area contributed by atoms with Gasteiger partial charge in [-0.05, 0) is 12.1 Å². The summed E-state index contributed by atoms with van der Waals surface area (Å²) in [7, 11) is 0. The molecule has 0 aliphatic heterocycles. The second-order valence-corrected chi connectivity index (χ2v) is 3.10. The van der Waals surface area contributed by atoms with Crippen molar-refractivity contribution in [3.8, 4) is 12.1 Å². The molecule has 1 heterocycles. The Kier molecular flexibility index (Phi) is 2.35. The number of aromatic nitrogens is 2. The Labute approximate surface area is 87.0 Å². The summed E-state index contributed by atoms with van der Waals surface area (Å²) in [6, 6.07) is 11.7. The molecule has 0 fully saturated rings. The lowest BCUT2D eigenvalue weighted by Crippen LogP contribution is -2.01. The zero-order chi connectivity index (χ0) is 10.7.